The number of hydrogen-bond donors (Lipinski definition) is 2. The van der Waals surface area contributed by atoms with E-state index in [1.165, 1.54) is 0 Å². The molecule has 0 atom stereocenters. The molecule has 1 aromatic carbocycles. The van der Waals surface area contributed by atoms with Gasteiger partial charge in [-0.2, -0.15) is 0 Å². The summed E-state index contributed by atoms with van der Waals surface area (Å²) in [5.41, 5.74) is 7.85. The lowest BCUT2D eigenvalue weighted by Gasteiger charge is -2.25. The molecule has 3 N–H and O–H groups in total. The van der Waals surface area contributed by atoms with Crippen molar-refractivity contribution in [1.82, 2.24) is 4.98 Å². The third kappa shape index (κ3) is 2.95. The number of carbonyl (C=O) groups is 1. The number of aromatic nitrogens is 1. The van der Waals surface area contributed by atoms with E-state index in [-0.39, 0.29) is 18.3 Å². The van der Waals surface area contributed by atoms with E-state index in [0.29, 0.717) is 12.5 Å². The molecule has 1 amide bonds. The molecule has 0 saturated heterocycles. The van der Waals surface area contributed by atoms with Gasteiger partial charge in [0.05, 0.1) is 5.41 Å². The second-order valence-corrected chi connectivity index (χ2v) is 6.65. The van der Waals surface area contributed by atoms with Crippen molar-refractivity contribution >= 4 is 35.1 Å². The number of oxazole rings is 1. The highest BCUT2D eigenvalue weighted by molar-refractivity contribution is 5.97. The Labute approximate surface area is 141 Å². The molecule has 5 nitrogen and oxygen atoms in total. The van der Waals surface area contributed by atoms with Crippen LogP contribution in [0.5, 0.6) is 0 Å². The average Bonchev–Trinajstić information content (AvgIpc) is 3.11. The number of benzene rings is 1. The van der Waals surface area contributed by atoms with Crippen LogP contribution in [0.25, 0.3) is 11.1 Å². The number of nitrogens with one attached hydrogen (secondary N) is 1. The fourth-order valence-corrected chi connectivity index (χ4v) is 3.37. The fourth-order valence-electron chi connectivity index (χ4n) is 3.37. The number of nitrogens with two attached hydrogens (primary N) is 1. The fraction of sp³-hybridized carbons (Fsp3) is 0.529. The normalized spacial score (nSPS) is 19.5. The van der Waals surface area contributed by atoms with Gasteiger partial charge in [-0.25, -0.2) is 4.98 Å². The molecule has 2 aliphatic carbocycles. The summed E-state index contributed by atoms with van der Waals surface area (Å²) >= 11 is 0. The molecule has 1 heterocycles. The summed E-state index contributed by atoms with van der Waals surface area (Å²) in [7, 11) is 0. The summed E-state index contributed by atoms with van der Waals surface area (Å²) in [5, 5.41) is 3.02. The number of carbonyl (C=O) groups excluding carboxylic acids is 1. The van der Waals surface area contributed by atoms with Gasteiger partial charge in [0.1, 0.15) is 5.52 Å². The van der Waals surface area contributed by atoms with E-state index < -0.39 is 5.41 Å². The topological polar surface area (TPSA) is 81.2 Å². The second-order valence-electron chi connectivity index (χ2n) is 6.65. The number of hydrogen-bond acceptors (Lipinski definition) is 4. The summed E-state index contributed by atoms with van der Waals surface area (Å²) in [5.74, 6) is 1.36. The number of nitrogens with zero attached hydrogens (tertiary/aromatic N) is 1. The van der Waals surface area contributed by atoms with E-state index in [1.807, 2.05) is 18.2 Å². The Balaban J connectivity index is 0.00000156. The smallest absolute Gasteiger partial charge is 0.231 e. The molecule has 0 aliphatic heterocycles. The summed E-state index contributed by atoms with van der Waals surface area (Å²) < 4.78 is 5.75. The van der Waals surface area contributed by atoms with Crippen molar-refractivity contribution in [3.8, 4) is 0 Å². The second kappa shape index (κ2) is 6.13. The molecular weight excluding hydrogens is 314 g/mol. The molecule has 124 valence electrons. The highest BCUT2D eigenvalue weighted by atomic mass is 35.5. The lowest BCUT2D eigenvalue weighted by molar-refractivity contribution is -0.124. The molecular formula is C17H22ClN3O2. The van der Waals surface area contributed by atoms with E-state index in [2.05, 4.69) is 10.3 Å². The molecule has 4 rings (SSSR count). The molecule has 2 saturated carbocycles. The van der Waals surface area contributed by atoms with Gasteiger partial charge in [0.2, 0.25) is 5.91 Å². The van der Waals surface area contributed by atoms with E-state index in [1.54, 1.807) is 0 Å². The minimum Gasteiger partial charge on any atom is -0.440 e. The Morgan fingerprint density at radius 1 is 1.35 bits per heavy atom. The van der Waals surface area contributed by atoms with Gasteiger partial charge < -0.3 is 15.5 Å². The van der Waals surface area contributed by atoms with E-state index in [9.17, 15) is 4.79 Å². The Kier molecular flexibility index (Phi) is 4.34. The molecule has 0 bridgehead atoms. The maximum absolute atomic E-state index is 12.6. The summed E-state index contributed by atoms with van der Waals surface area (Å²) in [4.78, 5) is 17.1. The van der Waals surface area contributed by atoms with Crippen molar-refractivity contribution in [2.24, 2.45) is 11.1 Å². The predicted molar refractivity (Wildman–Crippen MR) is 91.8 cm³/mol. The minimum absolute atomic E-state index is 0. The number of amides is 1. The van der Waals surface area contributed by atoms with Gasteiger partial charge in [0.15, 0.2) is 11.5 Å². The first-order chi connectivity index (χ1) is 10.7. The molecule has 0 radical (unpaired) electrons. The minimum atomic E-state index is -0.391. The van der Waals surface area contributed by atoms with Crippen molar-refractivity contribution in [2.75, 3.05) is 11.9 Å². The zero-order chi connectivity index (χ0) is 15.2. The molecule has 2 aromatic rings. The Morgan fingerprint density at radius 3 is 2.74 bits per heavy atom. The van der Waals surface area contributed by atoms with E-state index in [4.69, 9.17) is 10.2 Å². The van der Waals surface area contributed by atoms with Gasteiger partial charge >= 0.3 is 0 Å². The van der Waals surface area contributed by atoms with Crippen LogP contribution in [0.2, 0.25) is 0 Å². The highest BCUT2D eigenvalue weighted by Gasteiger charge is 2.39. The third-order valence-corrected chi connectivity index (χ3v) is 5.02. The molecule has 0 spiro atoms. The number of fused-ring (bicyclic) bond motifs is 1. The number of rotatable bonds is 4. The first kappa shape index (κ1) is 16.3. The molecule has 1 aromatic heterocycles. The Bertz CT molecular complexity index is 718. The van der Waals surface area contributed by atoms with Crippen molar-refractivity contribution in [3.05, 3.63) is 24.1 Å². The standard InChI is InChI=1S/C17H21N3O2.ClH/c18-10-17(7-1-2-8-17)16(21)19-12-5-6-14-13(9-12)20-15(22-14)11-3-4-11;/h5-6,9,11H,1-4,7-8,10,18H2,(H,19,21);1H. The van der Waals surface area contributed by atoms with Crippen molar-refractivity contribution in [2.45, 2.75) is 44.4 Å². The lowest BCUT2D eigenvalue weighted by Crippen LogP contribution is -2.40. The lowest BCUT2D eigenvalue weighted by atomic mass is 9.85. The quantitative estimate of drug-likeness (QED) is 0.894. The van der Waals surface area contributed by atoms with Crippen LogP contribution >= 0.6 is 12.4 Å². The van der Waals surface area contributed by atoms with Crippen LogP contribution in [0.1, 0.15) is 50.3 Å². The SMILES string of the molecule is Cl.NCC1(C(=O)Nc2ccc3oc(C4CC4)nc3c2)CCCC1. The summed E-state index contributed by atoms with van der Waals surface area (Å²) in [6.45, 7) is 0.414. The summed E-state index contributed by atoms with van der Waals surface area (Å²) in [6.07, 6.45) is 6.25. The van der Waals surface area contributed by atoms with Gasteiger partial charge in [-0.05, 0) is 43.9 Å². The first-order valence-corrected chi connectivity index (χ1v) is 8.12. The number of halogens is 1. The van der Waals surface area contributed by atoms with Crippen LogP contribution in [0.3, 0.4) is 0 Å². The van der Waals surface area contributed by atoms with Crippen LogP contribution in [0.4, 0.5) is 5.69 Å². The molecule has 2 fully saturated rings. The van der Waals surface area contributed by atoms with Crippen LogP contribution in [0.15, 0.2) is 22.6 Å². The van der Waals surface area contributed by atoms with Gasteiger partial charge in [0.25, 0.3) is 0 Å². The monoisotopic (exact) mass is 335 g/mol. The maximum atomic E-state index is 12.6. The van der Waals surface area contributed by atoms with Crippen LogP contribution in [-0.2, 0) is 4.79 Å². The average molecular weight is 336 g/mol. The van der Waals surface area contributed by atoms with Gasteiger partial charge in [-0.15, -0.1) is 12.4 Å². The molecule has 2 aliphatic rings. The highest BCUT2D eigenvalue weighted by Crippen LogP contribution is 2.41. The van der Waals surface area contributed by atoms with Gasteiger partial charge in [-0.3, -0.25) is 4.79 Å². The zero-order valence-corrected chi connectivity index (χ0v) is 13.8. The Morgan fingerprint density at radius 2 is 2.09 bits per heavy atom. The molecule has 23 heavy (non-hydrogen) atoms. The van der Waals surface area contributed by atoms with Crippen molar-refractivity contribution in [1.29, 1.82) is 0 Å². The zero-order valence-electron chi connectivity index (χ0n) is 13.0. The predicted octanol–water partition coefficient (Wildman–Crippen LogP) is 3.58. The number of anilines is 1. The van der Waals surface area contributed by atoms with Crippen molar-refractivity contribution < 1.29 is 9.21 Å². The Hall–Kier alpha value is -1.59. The van der Waals surface area contributed by atoms with Crippen LogP contribution in [-0.4, -0.2) is 17.4 Å². The molecule has 6 heteroatoms. The first-order valence-electron chi connectivity index (χ1n) is 8.12. The van der Waals surface area contributed by atoms with Crippen molar-refractivity contribution in [3.63, 3.8) is 0 Å². The maximum Gasteiger partial charge on any atom is 0.231 e. The largest absolute Gasteiger partial charge is 0.440 e. The molecule has 0 unspecified atom stereocenters. The van der Waals surface area contributed by atoms with Crippen LogP contribution < -0.4 is 11.1 Å². The summed E-state index contributed by atoms with van der Waals surface area (Å²) in [6, 6.07) is 5.65. The van der Waals surface area contributed by atoms with Gasteiger partial charge in [0, 0.05) is 18.2 Å². The van der Waals surface area contributed by atoms with E-state index >= 15 is 0 Å². The third-order valence-electron chi connectivity index (χ3n) is 5.02. The van der Waals surface area contributed by atoms with Gasteiger partial charge in [-0.1, -0.05) is 12.8 Å². The van der Waals surface area contributed by atoms with Crippen LogP contribution in [0, 0.1) is 5.41 Å². The van der Waals surface area contributed by atoms with E-state index in [0.717, 1.165) is 61.2 Å².